The molecule has 2 aromatic carbocycles. The van der Waals surface area contributed by atoms with E-state index < -0.39 is 0 Å². The van der Waals surface area contributed by atoms with Gasteiger partial charge in [-0.15, -0.1) is 0 Å². The first-order valence-electron chi connectivity index (χ1n) is 8.32. The monoisotopic (exact) mass is 452 g/mol. The largest absolute Gasteiger partial charge is 0.497 e. The number of nitrogens with two attached hydrogens (primary N) is 2. The van der Waals surface area contributed by atoms with E-state index >= 15 is 0 Å². The summed E-state index contributed by atoms with van der Waals surface area (Å²) < 4.78 is 16.1. The third kappa shape index (κ3) is 4.97. The Balaban J connectivity index is 2.03. The Morgan fingerprint density at radius 1 is 0.966 bits per heavy atom. The summed E-state index contributed by atoms with van der Waals surface area (Å²) in [5.74, 6) is 1.87. The number of ether oxygens (including phenoxy) is 3. The van der Waals surface area contributed by atoms with Crippen molar-refractivity contribution in [2.75, 3.05) is 26.7 Å². The number of rotatable bonds is 7. The first-order chi connectivity index (χ1) is 13.9. The number of methoxy groups -OCH3 is 2. The lowest BCUT2D eigenvalue weighted by molar-refractivity contribution is 0.330. The van der Waals surface area contributed by atoms with Gasteiger partial charge < -0.3 is 19.9 Å². The number of hydrogen-bond acceptors (Lipinski definition) is 8. The van der Waals surface area contributed by atoms with Crippen LogP contribution in [0.4, 0.5) is 5.95 Å². The Hall–Kier alpha value is -2.39. The van der Waals surface area contributed by atoms with Crippen molar-refractivity contribution in [2.45, 2.75) is 9.92 Å². The van der Waals surface area contributed by atoms with Crippen LogP contribution in [-0.2, 0) is 0 Å². The molecule has 7 nitrogen and oxygen atoms in total. The molecule has 152 valence electrons. The molecule has 3 aromatic rings. The highest BCUT2D eigenvalue weighted by Gasteiger charge is 2.15. The zero-order valence-corrected chi connectivity index (χ0v) is 17.9. The number of aromatic nitrogens is 2. The van der Waals surface area contributed by atoms with Gasteiger partial charge >= 0.3 is 0 Å². The summed E-state index contributed by atoms with van der Waals surface area (Å²) in [6.45, 7) is -0.0244. The molecule has 3 rings (SSSR count). The minimum atomic E-state index is -0.0244. The molecule has 0 spiro atoms. The summed E-state index contributed by atoms with van der Waals surface area (Å²) in [6.07, 6.45) is 0. The molecule has 0 aliphatic rings. The molecule has 4 N–H and O–H groups in total. The normalized spacial score (nSPS) is 10.7. The topological polar surface area (TPSA) is 106 Å². The smallest absolute Gasteiger partial charge is 0.221 e. The maximum Gasteiger partial charge on any atom is 0.221 e. The van der Waals surface area contributed by atoms with Crippen LogP contribution in [0.5, 0.6) is 17.2 Å². The molecule has 0 unspecified atom stereocenters. The van der Waals surface area contributed by atoms with Gasteiger partial charge in [0.15, 0.2) is 0 Å². The third-order valence-electron chi connectivity index (χ3n) is 3.84. The zero-order chi connectivity index (χ0) is 21.0. The fraction of sp³-hybridized carbons (Fsp3) is 0.158. The summed E-state index contributed by atoms with van der Waals surface area (Å²) in [5, 5.41) is 1.35. The van der Waals surface area contributed by atoms with Crippen molar-refractivity contribution in [3.8, 4) is 28.5 Å². The molecular formula is C19H18Cl2N4O3S. The number of hydrogen-bond donors (Lipinski definition) is 2. The van der Waals surface area contributed by atoms with Crippen LogP contribution >= 0.6 is 35.0 Å². The third-order valence-corrected chi connectivity index (χ3v) is 5.41. The lowest BCUT2D eigenvalue weighted by Gasteiger charge is -2.12. The van der Waals surface area contributed by atoms with Crippen molar-refractivity contribution in [3.63, 3.8) is 0 Å². The second kappa shape index (κ2) is 9.41. The average Bonchev–Trinajstić information content (AvgIpc) is 2.69. The maximum absolute atomic E-state index is 6.37. The second-order valence-electron chi connectivity index (χ2n) is 5.64. The van der Waals surface area contributed by atoms with Crippen LogP contribution in [0.15, 0.2) is 46.3 Å². The summed E-state index contributed by atoms with van der Waals surface area (Å²) in [6, 6.07) is 10.5. The molecule has 29 heavy (non-hydrogen) atoms. The van der Waals surface area contributed by atoms with E-state index in [9.17, 15) is 0 Å². The number of nitrogen functional groups attached to an aromatic ring is 1. The molecule has 10 heteroatoms. The second-order valence-corrected chi connectivity index (χ2v) is 7.52. The van der Waals surface area contributed by atoms with Crippen LogP contribution < -0.4 is 25.7 Å². The molecule has 0 saturated heterocycles. The average molecular weight is 453 g/mol. The van der Waals surface area contributed by atoms with Crippen LogP contribution in [0, 0.1) is 0 Å². The number of nitrogens with zero attached hydrogens (tertiary/aromatic N) is 2. The van der Waals surface area contributed by atoms with E-state index in [2.05, 4.69) is 9.97 Å². The zero-order valence-electron chi connectivity index (χ0n) is 15.6. The van der Waals surface area contributed by atoms with Gasteiger partial charge in [-0.3, -0.25) is 5.73 Å². The van der Waals surface area contributed by atoms with Crippen molar-refractivity contribution in [2.24, 2.45) is 5.73 Å². The van der Waals surface area contributed by atoms with Crippen LogP contribution in [0.2, 0.25) is 10.0 Å². The van der Waals surface area contributed by atoms with Crippen molar-refractivity contribution in [1.29, 1.82) is 0 Å². The van der Waals surface area contributed by atoms with Crippen LogP contribution in [0.25, 0.3) is 11.3 Å². The molecule has 0 fully saturated rings. The van der Waals surface area contributed by atoms with Gasteiger partial charge in [-0.2, -0.15) is 0 Å². The summed E-state index contributed by atoms with van der Waals surface area (Å²) in [7, 11) is 3.19. The molecule has 0 aliphatic carbocycles. The van der Waals surface area contributed by atoms with Gasteiger partial charge in [0, 0.05) is 5.56 Å². The first-order valence-corrected chi connectivity index (χ1v) is 9.89. The Kier molecular flexibility index (Phi) is 6.92. The fourth-order valence-corrected chi connectivity index (χ4v) is 4.03. The van der Waals surface area contributed by atoms with Gasteiger partial charge in [-0.05, 0) is 36.4 Å². The molecule has 0 radical (unpaired) electrons. The standard InChI is InChI=1S/C19H18Cl2N4O3S/c1-26-10-3-4-15(27-2)17(5-10)29-18-8-14(24-19(23)25-18)11-6-16(28-9-22)13(21)7-12(11)20/h3-8H,9,22H2,1-2H3,(H2,23,24,25). The fourth-order valence-electron chi connectivity index (χ4n) is 2.54. The van der Waals surface area contributed by atoms with E-state index in [1.165, 1.54) is 11.8 Å². The predicted octanol–water partition coefficient (Wildman–Crippen LogP) is 4.50. The van der Waals surface area contributed by atoms with E-state index in [1.807, 2.05) is 18.2 Å². The van der Waals surface area contributed by atoms with Crippen LogP contribution in [0.1, 0.15) is 0 Å². The minimum absolute atomic E-state index is 0.0244. The van der Waals surface area contributed by atoms with Gasteiger partial charge in [0.25, 0.3) is 0 Å². The maximum atomic E-state index is 6.37. The molecule has 0 amide bonds. The quantitative estimate of drug-likeness (QED) is 0.398. The Labute approximate surface area is 182 Å². The molecular weight excluding hydrogens is 435 g/mol. The molecule has 0 atom stereocenters. The highest BCUT2D eigenvalue weighted by molar-refractivity contribution is 7.99. The summed E-state index contributed by atoms with van der Waals surface area (Å²) in [4.78, 5) is 9.41. The number of anilines is 1. The molecule has 1 aromatic heterocycles. The highest BCUT2D eigenvalue weighted by atomic mass is 35.5. The predicted molar refractivity (Wildman–Crippen MR) is 115 cm³/mol. The Morgan fingerprint density at radius 3 is 2.45 bits per heavy atom. The first kappa shape index (κ1) is 21.3. The summed E-state index contributed by atoms with van der Waals surface area (Å²) in [5.41, 5.74) is 12.5. The van der Waals surface area contributed by atoms with Gasteiger partial charge in [-0.1, -0.05) is 35.0 Å². The van der Waals surface area contributed by atoms with Gasteiger partial charge in [0.1, 0.15) is 29.0 Å². The van der Waals surface area contributed by atoms with Crippen molar-refractivity contribution >= 4 is 40.9 Å². The van der Waals surface area contributed by atoms with E-state index in [0.717, 1.165) is 4.90 Å². The SMILES string of the molecule is COc1ccc(OC)c(Sc2cc(-c3cc(OCN)c(Cl)cc3Cl)nc(N)n2)c1. The van der Waals surface area contributed by atoms with Gasteiger partial charge in [-0.25, -0.2) is 9.97 Å². The van der Waals surface area contributed by atoms with Crippen molar-refractivity contribution < 1.29 is 14.2 Å². The van der Waals surface area contributed by atoms with Crippen LogP contribution in [0.3, 0.4) is 0 Å². The molecule has 0 saturated carbocycles. The molecule has 1 heterocycles. The van der Waals surface area contributed by atoms with E-state index in [4.69, 9.17) is 48.9 Å². The van der Waals surface area contributed by atoms with Crippen LogP contribution in [-0.4, -0.2) is 30.9 Å². The van der Waals surface area contributed by atoms with Gasteiger partial charge in [0.2, 0.25) is 5.95 Å². The molecule has 0 aliphatic heterocycles. The van der Waals surface area contributed by atoms with Crippen molar-refractivity contribution in [3.05, 3.63) is 46.4 Å². The van der Waals surface area contributed by atoms with Gasteiger partial charge in [0.05, 0.1) is 34.9 Å². The van der Waals surface area contributed by atoms with Crippen molar-refractivity contribution in [1.82, 2.24) is 9.97 Å². The van der Waals surface area contributed by atoms with E-state index in [-0.39, 0.29) is 12.7 Å². The van der Waals surface area contributed by atoms with E-state index in [1.54, 1.807) is 32.4 Å². The minimum Gasteiger partial charge on any atom is -0.497 e. The van der Waals surface area contributed by atoms with E-state index in [0.29, 0.717) is 43.6 Å². The Morgan fingerprint density at radius 2 is 1.76 bits per heavy atom. The highest BCUT2D eigenvalue weighted by Crippen LogP contribution is 2.40. The Bertz CT molecular complexity index is 1040. The number of halogens is 2. The lowest BCUT2D eigenvalue weighted by atomic mass is 10.1. The molecule has 0 bridgehead atoms. The number of benzene rings is 2. The summed E-state index contributed by atoms with van der Waals surface area (Å²) >= 11 is 13.9. The lowest BCUT2D eigenvalue weighted by Crippen LogP contribution is -2.07.